The molecule has 0 aromatic heterocycles. The minimum absolute atomic E-state index is 0. The highest BCUT2D eigenvalue weighted by Crippen LogP contribution is 1.96. The molecule has 0 aromatic carbocycles. The van der Waals surface area contributed by atoms with E-state index >= 15 is 0 Å². The molecule has 1 unspecified atom stereocenters. The molecule has 1 atom stereocenters. The summed E-state index contributed by atoms with van der Waals surface area (Å²) in [5.74, 6) is 0.255. The van der Waals surface area contributed by atoms with E-state index in [1.54, 1.807) is 6.08 Å². The van der Waals surface area contributed by atoms with Crippen LogP contribution in [-0.2, 0) is 0 Å². The van der Waals surface area contributed by atoms with Crippen molar-refractivity contribution in [2.45, 2.75) is 27.7 Å². The first-order chi connectivity index (χ1) is 5.58. The Kier molecular flexibility index (Phi) is 19.6. The number of aliphatic hydroxyl groups is 2. The summed E-state index contributed by atoms with van der Waals surface area (Å²) in [7, 11) is 0. The molecule has 0 aliphatic carbocycles. The Bertz CT molecular complexity index is 119. The lowest BCUT2D eigenvalue weighted by atomic mass is 10.1. The molecule has 0 heterocycles. The van der Waals surface area contributed by atoms with Crippen molar-refractivity contribution in [1.82, 2.24) is 0 Å². The van der Waals surface area contributed by atoms with Crippen molar-refractivity contribution in [3.8, 4) is 0 Å². The average molecular weight is 188 g/mol. The van der Waals surface area contributed by atoms with Crippen LogP contribution in [0.2, 0.25) is 0 Å². The van der Waals surface area contributed by atoms with Crippen LogP contribution in [0.3, 0.4) is 0 Å². The van der Waals surface area contributed by atoms with Crippen LogP contribution in [0.25, 0.3) is 0 Å². The van der Waals surface area contributed by atoms with E-state index in [9.17, 15) is 0 Å². The Hall–Kier alpha value is -0.600. The van der Waals surface area contributed by atoms with E-state index in [0.29, 0.717) is 6.42 Å². The first-order valence-electron chi connectivity index (χ1n) is 4.08. The maximum Gasteiger partial charge on any atom is 0.0457 e. The molecule has 0 rings (SSSR count). The van der Waals surface area contributed by atoms with Crippen LogP contribution in [0.5, 0.6) is 0 Å². The van der Waals surface area contributed by atoms with E-state index in [2.05, 4.69) is 13.2 Å². The van der Waals surface area contributed by atoms with Gasteiger partial charge in [0.25, 0.3) is 0 Å². The third-order valence-corrected chi connectivity index (χ3v) is 1.28. The number of aliphatic hydroxyl groups excluding tert-OH is 2. The van der Waals surface area contributed by atoms with Crippen LogP contribution in [0.4, 0.5) is 0 Å². The molecular weight excluding hydrogens is 164 g/mol. The molecule has 0 aliphatic rings. The van der Waals surface area contributed by atoms with E-state index in [4.69, 9.17) is 10.2 Å². The summed E-state index contributed by atoms with van der Waals surface area (Å²) in [5, 5.41) is 16.6. The fourth-order valence-corrected chi connectivity index (χ4v) is 0.312. The van der Waals surface area contributed by atoms with Crippen molar-refractivity contribution in [1.29, 1.82) is 0 Å². The van der Waals surface area contributed by atoms with Crippen LogP contribution >= 0.6 is 0 Å². The molecule has 2 N–H and O–H groups in total. The summed E-state index contributed by atoms with van der Waals surface area (Å²) in [5.41, 5.74) is 1.02. The second-order valence-electron chi connectivity index (χ2n) is 2.85. The molecule has 0 amide bonds. The third kappa shape index (κ3) is 24.6. The number of hydrogen-bond donors (Lipinski definition) is 2. The molecule has 2 heteroatoms. The van der Waals surface area contributed by atoms with Gasteiger partial charge in [0.2, 0.25) is 0 Å². The first kappa shape index (κ1) is 18.2. The molecule has 0 saturated heterocycles. The zero-order chi connectivity index (χ0) is 9.98. The summed E-state index contributed by atoms with van der Waals surface area (Å²) in [6.45, 7) is 11.2. The monoisotopic (exact) mass is 188 g/mol. The second-order valence-corrected chi connectivity index (χ2v) is 2.85. The van der Waals surface area contributed by atoms with Gasteiger partial charge < -0.3 is 10.2 Å². The van der Waals surface area contributed by atoms with Gasteiger partial charge in [0.05, 0.1) is 0 Å². The summed E-state index contributed by atoms with van der Waals surface area (Å²) in [4.78, 5) is 0. The Morgan fingerprint density at radius 2 is 1.85 bits per heavy atom. The van der Waals surface area contributed by atoms with Crippen molar-refractivity contribution in [2.75, 3.05) is 13.2 Å². The van der Waals surface area contributed by atoms with Gasteiger partial charge in [-0.25, -0.2) is 0 Å². The fourth-order valence-electron chi connectivity index (χ4n) is 0.312. The zero-order valence-corrected chi connectivity index (χ0v) is 8.08. The molecular formula is C11H24O2. The SMILES string of the molecule is C.C=CC(=C)C.CC(CO)CCO. The maximum atomic E-state index is 8.35. The van der Waals surface area contributed by atoms with E-state index in [1.165, 1.54) is 0 Å². The Morgan fingerprint density at radius 3 is 1.92 bits per heavy atom. The minimum atomic E-state index is 0. The average Bonchev–Trinajstić information content (AvgIpc) is 2.06. The highest BCUT2D eigenvalue weighted by atomic mass is 16.3. The molecule has 80 valence electrons. The number of rotatable bonds is 4. The molecule has 0 radical (unpaired) electrons. The third-order valence-electron chi connectivity index (χ3n) is 1.28. The molecule has 0 bridgehead atoms. The standard InChI is InChI=1S/C5H12O2.C5H8.CH4/c1-5(4-7)2-3-6;1-4-5(2)3;/h5-7H,2-4H2,1H3;4H,1-2H2,3H3;1H4. The Labute approximate surface area is 82.6 Å². The van der Waals surface area contributed by atoms with Gasteiger partial charge >= 0.3 is 0 Å². The second kappa shape index (κ2) is 14.0. The van der Waals surface area contributed by atoms with Crippen molar-refractivity contribution in [3.63, 3.8) is 0 Å². The number of allylic oxidation sites excluding steroid dienone is 2. The Balaban J connectivity index is -0.000000150. The minimum Gasteiger partial charge on any atom is -0.396 e. The smallest absolute Gasteiger partial charge is 0.0457 e. The Morgan fingerprint density at radius 1 is 1.46 bits per heavy atom. The van der Waals surface area contributed by atoms with Crippen molar-refractivity contribution < 1.29 is 10.2 Å². The van der Waals surface area contributed by atoms with Gasteiger partial charge in [0.15, 0.2) is 0 Å². The summed E-state index contributed by atoms with van der Waals surface area (Å²) < 4.78 is 0. The van der Waals surface area contributed by atoms with Crippen molar-refractivity contribution in [2.24, 2.45) is 5.92 Å². The van der Waals surface area contributed by atoms with E-state index in [0.717, 1.165) is 5.57 Å². The van der Waals surface area contributed by atoms with Gasteiger partial charge in [-0.1, -0.05) is 39.2 Å². The van der Waals surface area contributed by atoms with Crippen molar-refractivity contribution in [3.05, 3.63) is 24.8 Å². The maximum absolute atomic E-state index is 8.35. The van der Waals surface area contributed by atoms with E-state index in [-0.39, 0.29) is 26.6 Å². The topological polar surface area (TPSA) is 40.5 Å². The lowest BCUT2D eigenvalue weighted by Gasteiger charge is -2.01. The van der Waals surface area contributed by atoms with E-state index < -0.39 is 0 Å². The molecule has 0 saturated carbocycles. The quantitative estimate of drug-likeness (QED) is 0.665. The van der Waals surface area contributed by atoms with E-state index in [1.807, 2.05) is 13.8 Å². The van der Waals surface area contributed by atoms with Crippen molar-refractivity contribution >= 4 is 0 Å². The molecule has 13 heavy (non-hydrogen) atoms. The molecule has 0 fully saturated rings. The lowest BCUT2D eigenvalue weighted by Crippen LogP contribution is -2.01. The van der Waals surface area contributed by atoms with Crippen LogP contribution in [0.1, 0.15) is 27.7 Å². The van der Waals surface area contributed by atoms with Gasteiger partial charge in [0.1, 0.15) is 0 Å². The predicted octanol–water partition coefficient (Wildman–Crippen LogP) is 2.38. The molecule has 2 nitrogen and oxygen atoms in total. The van der Waals surface area contributed by atoms with Crippen LogP contribution in [0.15, 0.2) is 24.8 Å². The van der Waals surface area contributed by atoms with Gasteiger partial charge in [-0.3, -0.25) is 0 Å². The normalized spacial score (nSPS) is 10.2. The summed E-state index contributed by atoms with van der Waals surface area (Å²) >= 11 is 0. The van der Waals surface area contributed by atoms with Crippen LogP contribution in [-0.4, -0.2) is 23.4 Å². The van der Waals surface area contributed by atoms with Gasteiger partial charge in [0, 0.05) is 13.2 Å². The first-order valence-corrected chi connectivity index (χ1v) is 4.08. The fraction of sp³-hybridized carbons (Fsp3) is 0.636. The molecule has 0 aromatic rings. The van der Waals surface area contributed by atoms with Crippen LogP contribution in [0, 0.1) is 5.92 Å². The van der Waals surface area contributed by atoms with Gasteiger partial charge in [-0.15, -0.1) is 0 Å². The lowest BCUT2D eigenvalue weighted by molar-refractivity contribution is 0.194. The highest BCUT2D eigenvalue weighted by molar-refractivity contribution is 5.05. The molecule has 0 spiro atoms. The van der Waals surface area contributed by atoms with Gasteiger partial charge in [-0.2, -0.15) is 0 Å². The zero-order valence-electron chi connectivity index (χ0n) is 8.08. The summed E-state index contributed by atoms with van der Waals surface area (Å²) in [6.07, 6.45) is 2.43. The van der Waals surface area contributed by atoms with Crippen LogP contribution < -0.4 is 0 Å². The largest absolute Gasteiger partial charge is 0.396 e. The molecule has 0 aliphatic heterocycles. The predicted molar refractivity (Wildman–Crippen MR) is 59.7 cm³/mol. The van der Waals surface area contributed by atoms with Gasteiger partial charge in [-0.05, 0) is 19.3 Å². The highest BCUT2D eigenvalue weighted by Gasteiger charge is 1.94. The number of hydrogen-bond acceptors (Lipinski definition) is 2. The summed E-state index contributed by atoms with van der Waals surface area (Å²) in [6, 6.07) is 0.